The summed E-state index contributed by atoms with van der Waals surface area (Å²) in [6, 6.07) is 9.42. The zero-order valence-corrected chi connectivity index (χ0v) is 11.0. The first-order valence-electron chi connectivity index (χ1n) is 5.64. The number of hydrogen-bond acceptors (Lipinski definition) is 4. The van der Waals surface area contributed by atoms with Crippen molar-refractivity contribution in [2.75, 3.05) is 7.11 Å². The summed E-state index contributed by atoms with van der Waals surface area (Å²) in [5, 5.41) is 2.23. The normalized spacial score (nSPS) is 11.8. The fraction of sp³-hybridized carbons (Fsp3) is 0.286. The molecule has 0 radical (unpaired) electrons. The van der Waals surface area contributed by atoms with Crippen LogP contribution in [0.2, 0.25) is 0 Å². The Bertz CT molecular complexity index is 450. The van der Waals surface area contributed by atoms with E-state index >= 15 is 0 Å². The first kappa shape index (κ1) is 14.3. The van der Waals surface area contributed by atoms with Crippen molar-refractivity contribution in [1.29, 1.82) is 0 Å². The third-order valence-corrected chi connectivity index (χ3v) is 2.50. The number of esters is 1. The summed E-state index contributed by atoms with van der Waals surface area (Å²) in [6.07, 6.45) is 5.31. The number of benzene rings is 1. The summed E-state index contributed by atoms with van der Waals surface area (Å²) < 4.78 is 4.64. The lowest BCUT2D eigenvalue weighted by Gasteiger charge is -2.06. The lowest BCUT2D eigenvalue weighted by atomic mass is 10.1. The number of carbonyl (C=O) groups excluding carboxylic acids is 1. The summed E-state index contributed by atoms with van der Waals surface area (Å²) in [5.74, 6) is -0.375. The quantitative estimate of drug-likeness (QED) is 0.448. The molecule has 0 N–H and O–H groups in total. The summed E-state index contributed by atoms with van der Waals surface area (Å²) in [7, 11) is 1.34. The number of rotatable bonds is 6. The van der Waals surface area contributed by atoms with Crippen molar-refractivity contribution in [2.24, 2.45) is 4.99 Å². The molecule has 18 heavy (non-hydrogen) atoms. The van der Waals surface area contributed by atoms with E-state index in [1.807, 2.05) is 42.5 Å². The number of isothiocyanates is 1. The minimum atomic E-state index is -0.548. The number of aliphatic imine (C=N–C) groups is 1. The minimum Gasteiger partial charge on any atom is -0.467 e. The van der Waals surface area contributed by atoms with Gasteiger partial charge in [-0.2, -0.15) is 0 Å². The number of carbonyl (C=O) groups is 1. The summed E-state index contributed by atoms with van der Waals surface area (Å²) in [5.41, 5.74) is 1.13. The predicted octanol–water partition coefficient (Wildman–Crippen LogP) is 3.12. The largest absolute Gasteiger partial charge is 0.467 e. The SMILES string of the molecule is COC(=O)C(CC/C=C/c1ccccc1)N=C=S. The van der Waals surface area contributed by atoms with Crippen molar-refractivity contribution >= 4 is 29.4 Å². The Kier molecular flexibility index (Phi) is 6.62. The molecule has 3 nitrogen and oxygen atoms in total. The van der Waals surface area contributed by atoms with Crippen molar-refractivity contribution in [3.05, 3.63) is 42.0 Å². The maximum absolute atomic E-state index is 11.3. The molecule has 1 unspecified atom stereocenters. The van der Waals surface area contributed by atoms with Gasteiger partial charge >= 0.3 is 5.97 Å². The second-order valence-electron chi connectivity index (χ2n) is 3.65. The second kappa shape index (κ2) is 8.34. The van der Waals surface area contributed by atoms with Crippen LogP contribution in [0.25, 0.3) is 6.08 Å². The maximum atomic E-state index is 11.3. The van der Waals surface area contributed by atoms with Crippen LogP contribution in [0.5, 0.6) is 0 Å². The van der Waals surface area contributed by atoms with E-state index in [1.165, 1.54) is 7.11 Å². The Balaban J connectivity index is 2.46. The van der Waals surface area contributed by atoms with E-state index < -0.39 is 6.04 Å². The molecule has 1 rings (SSSR count). The van der Waals surface area contributed by atoms with Crippen LogP contribution in [0.4, 0.5) is 0 Å². The van der Waals surface area contributed by atoms with Gasteiger partial charge in [-0.3, -0.25) is 0 Å². The highest BCUT2D eigenvalue weighted by molar-refractivity contribution is 7.78. The lowest BCUT2D eigenvalue weighted by Crippen LogP contribution is -2.19. The number of allylic oxidation sites excluding steroid dienone is 1. The fourth-order valence-electron chi connectivity index (χ4n) is 1.47. The van der Waals surface area contributed by atoms with E-state index in [0.29, 0.717) is 6.42 Å². The van der Waals surface area contributed by atoms with Crippen molar-refractivity contribution in [3.63, 3.8) is 0 Å². The van der Waals surface area contributed by atoms with Crippen molar-refractivity contribution < 1.29 is 9.53 Å². The van der Waals surface area contributed by atoms with Crippen LogP contribution in [0.3, 0.4) is 0 Å². The van der Waals surface area contributed by atoms with Gasteiger partial charge in [-0.25, -0.2) is 9.79 Å². The lowest BCUT2D eigenvalue weighted by molar-refractivity contribution is -0.142. The van der Waals surface area contributed by atoms with Gasteiger partial charge in [-0.05, 0) is 30.6 Å². The molecule has 1 aromatic carbocycles. The van der Waals surface area contributed by atoms with Crippen LogP contribution in [0.15, 0.2) is 41.4 Å². The van der Waals surface area contributed by atoms with E-state index in [4.69, 9.17) is 0 Å². The fourth-order valence-corrected chi connectivity index (χ4v) is 1.60. The molecule has 0 heterocycles. The van der Waals surface area contributed by atoms with E-state index in [2.05, 4.69) is 27.1 Å². The minimum absolute atomic E-state index is 0.375. The van der Waals surface area contributed by atoms with Gasteiger partial charge in [0.25, 0.3) is 0 Å². The van der Waals surface area contributed by atoms with Gasteiger partial charge in [0.2, 0.25) is 0 Å². The van der Waals surface area contributed by atoms with E-state index in [0.717, 1.165) is 12.0 Å². The zero-order valence-electron chi connectivity index (χ0n) is 10.2. The Morgan fingerprint density at radius 3 is 2.83 bits per heavy atom. The summed E-state index contributed by atoms with van der Waals surface area (Å²) in [4.78, 5) is 15.1. The molecule has 0 aromatic heterocycles. The van der Waals surface area contributed by atoms with Crippen LogP contribution >= 0.6 is 12.2 Å². The molecule has 0 spiro atoms. The maximum Gasteiger partial charge on any atom is 0.331 e. The third kappa shape index (κ3) is 5.04. The van der Waals surface area contributed by atoms with Crippen molar-refractivity contribution in [3.8, 4) is 0 Å². The molecule has 0 saturated carbocycles. The molecule has 1 atom stereocenters. The molecule has 0 bridgehead atoms. The molecule has 0 aliphatic heterocycles. The van der Waals surface area contributed by atoms with Gasteiger partial charge in [-0.1, -0.05) is 42.5 Å². The number of ether oxygens (including phenoxy) is 1. The first-order valence-corrected chi connectivity index (χ1v) is 6.05. The highest BCUT2D eigenvalue weighted by Crippen LogP contribution is 2.07. The monoisotopic (exact) mass is 261 g/mol. The molecule has 1 aromatic rings. The molecule has 94 valence electrons. The first-order chi connectivity index (χ1) is 8.77. The molecule has 0 aliphatic rings. The van der Waals surface area contributed by atoms with Crippen LogP contribution in [0, 0.1) is 0 Å². The van der Waals surface area contributed by atoms with Crippen LogP contribution in [-0.2, 0) is 9.53 Å². The van der Waals surface area contributed by atoms with Crippen LogP contribution in [0.1, 0.15) is 18.4 Å². The van der Waals surface area contributed by atoms with Gasteiger partial charge in [0.05, 0.1) is 12.3 Å². The smallest absolute Gasteiger partial charge is 0.331 e. The van der Waals surface area contributed by atoms with E-state index in [-0.39, 0.29) is 5.97 Å². The standard InChI is InChI=1S/C14H15NO2S/c1-17-14(16)13(15-11-18)10-6-5-9-12-7-3-2-4-8-12/h2-5,7-9,13H,6,10H2,1H3/b9-5+. The molecule has 0 fully saturated rings. The Morgan fingerprint density at radius 2 is 2.22 bits per heavy atom. The third-order valence-electron chi connectivity index (χ3n) is 2.40. The molecular formula is C14H15NO2S. The topological polar surface area (TPSA) is 38.7 Å². The van der Waals surface area contributed by atoms with Gasteiger partial charge in [0.15, 0.2) is 6.04 Å². The van der Waals surface area contributed by atoms with Crippen molar-refractivity contribution in [1.82, 2.24) is 0 Å². The highest BCUT2D eigenvalue weighted by atomic mass is 32.1. The van der Waals surface area contributed by atoms with Crippen LogP contribution in [-0.4, -0.2) is 24.3 Å². The molecule has 4 heteroatoms. The zero-order chi connectivity index (χ0) is 13.2. The number of hydrogen-bond donors (Lipinski definition) is 0. The van der Waals surface area contributed by atoms with Crippen LogP contribution < -0.4 is 0 Å². The molecule has 0 saturated heterocycles. The molecule has 0 amide bonds. The van der Waals surface area contributed by atoms with Gasteiger partial charge in [0, 0.05) is 0 Å². The average Bonchev–Trinajstić information content (AvgIpc) is 2.42. The van der Waals surface area contributed by atoms with Gasteiger partial charge in [-0.15, -0.1) is 0 Å². The van der Waals surface area contributed by atoms with Gasteiger partial charge in [0.1, 0.15) is 0 Å². The van der Waals surface area contributed by atoms with Gasteiger partial charge < -0.3 is 4.74 Å². The summed E-state index contributed by atoms with van der Waals surface area (Å²) in [6.45, 7) is 0. The number of nitrogens with zero attached hydrogens (tertiary/aromatic N) is 1. The van der Waals surface area contributed by atoms with Crippen molar-refractivity contribution in [2.45, 2.75) is 18.9 Å². The Labute approximate surface area is 112 Å². The number of thiocarbonyl (C=S) groups is 1. The number of methoxy groups -OCH3 is 1. The van der Waals surface area contributed by atoms with E-state index in [9.17, 15) is 4.79 Å². The Hall–Kier alpha value is -1.77. The highest BCUT2D eigenvalue weighted by Gasteiger charge is 2.16. The Morgan fingerprint density at radius 1 is 1.50 bits per heavy atom. The summed E-state index contributed by atoms with van der Waals surface area (Å²) >= 11 is 4.51. The average molecular weight is 261 g/mol. The second-order valence-corrected chi connectivity index (χ2v) is 3.83. The van der Waals surface area contributed by atoms with E-state index in [1.54, 1.807) is 0 Å². The molecular weight excluding hydrogens is 246 g/mol. The molecule has 0 aliphatic carbocycles. The predicted molar refractivity (Wildman–Crippen MR) is 75.5 cm³/mol.